The summed E-state index contributed by atoms with van der Waals surface area (Å²) in [5.41, 5.74) is 2.43. The molecule has 0 saturated heterocycles. The third-order valence-electron chi connectivity index (χ3n) is 2.74. The molecular formula is C13H15NO. The van der Waals surface area contributed by atoms with Crippen molar-refractivity contribution in [2.45, 2.75) is 26.7 Å². The lowest BCUT2D eigenvalue weighted by Crippen LogP contribution is -2.07. The molecule has 0 atom stereocenters. The van der Waals surface area contributed by atoms with Gasteiger partial charge in [0.25, 0.3) is 5.56 Å². The summed E-state index contributed by atoms with van der Waals surface area (Å²) in [6.45, 7) is 4.20. The first kappa shape index (κ1) is 9.97. The normalized spacial score (nSPS) is 10.8. The molecule has 0 spiro atoms. The summed E-state index contributed by atoms with van der Waals surface area (Å²) in [7, 11) is 0. The van der Waals surface area contributed by atoms with Crippen LogP contribution in [0.3, 0.4) is 0 Å². The van der Waals surface area contributed by atoms with Gasteiger partial charge in [-0.15, -0.1) is 0 Å². The second-order valence-corrected chi connectivity index (χ2v) is 3.89. The number of nitrogens with one attached hydrogen (secondary N) is 1. The van der Waals surface area contributed by atoms with Crippen LogP contribution < -0.4 is 5.56 Å². The van der Waals surface area contributed by atoms with Crippen LogP contribution in [0.5, 0.6) is 0 Å². The van der Waals surface area contributed by atoms with Gasteiger partial charge in [0.1, 0.15) is 0 Å². The number of aromatic nitrogens is 1. The maximum atomic E-state index is 11.6. The lowest BCUT2D eigenvalue weighted by atomic mass is 10.00. The zero-order chi connectivity index (χ0) is 10.8. The number of pyridine rings is 1. The molecule has 0 radical (unpaired) electrons. The molecule has 2 heteroatoms. The highest BCUT2D eigenvalue weighted by Crippen LogP contribution is 2.19. The second kappa shape index (κ2) is 3.89. The summed E-state index contributed by atoms with van der Waals surface area (Å²) in [5.74, 6) is 0. The van der Waals surface area contributed by atoms with E-state index < -0.39 is 0 Å². The molecule has 1 heterocycles. The van der Waals surface area contributed by atoms with E-state index in [0.717, 1.165) is 23.6 Å². The van der Waals surface area contributed by atoms with Gasteiger partial charge in [0.05, 0.1) is 0 Å². The molecule has 0 bridgehead atoms. The highest BCUT2D eigenvalue weighted by molar-refractivity contribution is 5.87. The number of H-pyrrole nitrogens is 1. The van der Waals surface area contributed by atoms with Crippen LogP contribution >= 0.6 is 0 Å². The van der Waals surface area contributed by atoms with Gasteiger partial charge in [-0.25, -0.2) is 0 Å². The van der Waals surface area contributed by atoms with Crippen LogP contribution in [0.4, 0.5) is 0 Å². The minimum absolute atomic E-state index is 0.00792. The SMILES string of the molecule is CCCc1c[nH]c(=O)c2cccc(C)c12. The summed E-state index contributed by atoms with van der Waals surface area (Å²) in [5, 5.41) is 1.93. The maximum Gasteiger partial charge on any atom is 0.255 e. The number of hydrogen-bond acceptors (Lipinski definition) is 1. The lowest BCUT2D eigenvalue weighted by Gasteiger charge is -2.07. The average molecular weight is 201 g/mol. The van der Waals surface area contributed by atoms with E-state index in [9.17, 15) is 4.79 Å². The van der Waals surface area contributed by atoms with Gasteiger partial charge < -0.3 is 4.98 Å². The van der Waals surface area contributed by atoms with Crippen molar-refractivity contribution in [2.24, 2.45) is 0 Å². The monoisotopic (exact) mass is 201 g/mol. The minimum Gasteiger partial charge on any atom is -0.328 e. The maximum absolute atomic E-state index is 11.6. The van der Waals surface area contributed by atoms with Crippen LogP contribution in [0.25, 0.3) is 10.8 Å². The van der Waals surface area contributed by atoms with Crippen LogP contribution in [-0.2, 0) is 6.42 Å². The number of rotatable bonds is 2. The molecule has 0 aliphatic rings. The predicted octanol–water partition coefficient (Wildman–Crippen LogP) is 2.79. The summed E-state index contributed by atoms with van der Waals surface area (Å²) in [6, 6.07) is 5.88. The standard InChI is InChI=1S/C13H15NO/c1-3-5-10-8-14-13(15)11-7-4-6-9(2)12(10)11/h4,6-8H,3,5H2,1-2H3,(H,14,15). The largest absolute Gasteiger partial charge is 0.328 e. The minimum atomic E-state index is 0.00792. The Bertz CT molecular complexity index is 540. The molecule has 0 unspecified atom stereocenters. The smallest absolute Gasteiger partial charge is 0.255 e. The Kier molecular flexibility index (Phi) is 2.58. The Hall–Kier alpha value is -1.57. The van der Waals surface area contributed by atoms with E-state index in [2.05, 4.69) is 24.9 Å². The van der Waals surface area contributed by atoms with E-state index in [1.165, 1.54) is 11.1 Å². The van der Waals surface area contributed by atoms with Crippen LogP contribution in [0.15, 0.2) is 29.2 Å². The van der Waals surface area contributed by atoms with Gasteiger partial charge in [0.15, 0.2) is 0 Å². The summed E-state index contributed by atoms with van der Waals surface area (Å²) in [6.07, 6.45) is 3.95. The van der Waals surface area contributed by atoms with Gasteiger partial charge in [-0.05, 0) is 35.9 Å². The molecule has 78 valence electrons. The van der Waals surface area contributed by atoms with Crippen LogP contribution in [0.1, 0.15) is 24.5 Å². The van der Waals surface area contributed by atoms with Gasteiger partial charge in [-0.1, -0.05) is 25.5 Å². The van der Waals surface area contributed by atoms with E-state index >= 15 is 0 Å². The van der Waals surface area contributed by atoms with Crippen molar-refractivity contribution in [1.82, 2.24) is 4.98 Å². The van der Waals surface area contributed by atoms with Crippen molar-refractivity contribution in [3.05, 3.63) is 45.9 Å². The predicted molar refractivity (Wildman–Crippen MR) is 63.3 cm³/mol. The molecule has 0 amide bonds. The highest BCUT2D eigenvalue weighted by Gasteiger charge is 2.05. The van der Waals surface area contributed by atoms with Crippen molar-refractivity contribution in [1.29, 1.82) is 0 Å². The summed E-state index contributed by atoms with van der Waals surface area (Å²) >= 11 is 0. The van der Waals surface area contributed by atoms with E-state index in [-0.39, 0.29) is 5.56 Å². The number of hydrogen-bond donors (Lipinski definition) is 1. The topological polar surface area (TPSA) is 32.9 Å². The molecule has 0 aliphatic carbocycles. The molecule has 0 aliphatic heterocycles. The third kappa shape index (κ3) is 1.67. The van der Waals surface area contributed by atoms with E-state index in [4.69, 9.17) is 0 Å². The Balaban J connectivity index is 2.84. The van der Waals surface area contributed by atoms with Gasteiger partial charge in [0, 0.05) is 11.6 Å². The van der Waals surface area contributed by atoms with Crippen molar-refractivity contribution < 1.29 is 0 Å². The second-order valence-electron chi connectivity index (χ2n) is 3.89. The van der Waals surface area contributed by atoms with Gasteiger partial charge >= 0.3 is 0 Å². The number of benzene rings is 1. The van der Waals surface area contributed by atoms with Gasteiger partial charge in [0.2, 0.25) is 0 Å². The zero-order valence-corrected chi connectivity index (χ0v) is 9.13. The molecule has 1 aromatic heterocycles. The Morgan fingerprint density at radius 1 is 1.33 bits per heavy atom. The Morgan fingerprint density at radius 2 is 2.13 bits per heavy atom. The number of aryl methyl sites for hydroxylation is 2. The Labute approximate surface area is 89.0 Å². The average Bonchev–Trinajstić information content (AvgIpc) is 2.23. The molecule has 2 aromatic rings. The van der Waals surface area contributed by atoms with E-state index in [1.54, 1.807) is 0 Å². The first-order chi connectivity index (χ1) is 7.24. The van der Waals surface area contributed by atoms with Crippen LogP contribution in [0, 0.1) is 6.92 Å². The molecule has 0 fully saturated rings. The first-order valence-corrected chi connectivity index (χ1v) is 5.34. The lowest BCUT2D eigenvalue weighted by molar-refractivity contribution is 0.920. The zero-order valence-electron chi connectivity index (χ0n) is 9.13. The molecule has 1 aromatic carbocycles. The fraction of sp³-hybridized carbons (Fsp3) is 0.308. The quantitative estimate of drug-likeness (QED) is 0.796. The molecule has 2 nitrogen and oxygen atoms in total. The number of fused-ring (bicyclic) bond motifs is 1. The van der Waals surface area contributed by atoms with E-state index in [1.807, 2.05) is 18.3 Å². The van der Waals surface area contributed by atoms with Gasteiger partial charge in [-0.3, -0.25) is 4.79 Å². The molecule has 15 heavy (non-hydrogen) atoms. The highest BCUT2D eigenvalue weighted by atomic mass is 16.1. The summed E-state index contributed by atoms with van der Waals surface area (Å²) in [4.78, 5) is 14.4. The summed E-state index contributed by atoms with van der Waals surface area (Å²) < 4.78 is 0. The molecule has 2 rings (SSSR count). The fourth-order valence-corrected chi connectivity index (χ4v) is 2.05. The number of aromatic amines is 1. The van der Waals surface area contributed by atoms with Crippen molar-refractivity contribution in [2.75, 3.05) is 0 Å². The third-order valence-corrected chi connectivity index (χ3v) is 2.74. The van der Waals surface area contributed by atoms with Crippen molar-refractivity contribution in [3.63, 3.8) is 0 Å². The fourth-order valence-electron chi connectivity index (χ4n) is 2.05. The van der Waals surface area contributed by atoms with Crippen molar-refractivity contribution in [3.8, 4) is 0 Å². The van der Waals surface area contributed by atoms with Crippen LogP contribution in [-0.4, -0.2) is 4.98 Å². The molecule has 0 saturated carbocycles. The van der Waals surface area contributed by atoms with Crippen molar-refractivity contribution >= 4 is 10.8 Å². The van der Waals surface area contributed by atoms with Crippen LogP contribution in [0.2, 0.25) is 0 Å². The molecular weight excluding hydrogens is 186 g/mol. The molecule has 1 N–H and O–H groups in total. The van der Waals surface area contributed by atoms with Gasteiger partial charge in [-0.2, -0.15) is 0 Å². The first-order valence-electron chi connectivity index (χ1n) is 5.34. The Morgan fingerprint density at radius 3 is 2.87 bits per heavy atom. The van der Waals surface area contributed by atoms with E-state index in [0.29, 0.717) is 0 Å².